The Labute approximate surface area is 125 Å². The van der Waals surface area contributed by atoms with Crippen molar-refractivity contribution in [2.45, 2.75) is 20.0 Å². The molecule has 0 fully saturated rings. The molecule has 0 unspecified atom stereocenters. The van der Waals surface area contributed by atoms with Gasteiger partial charge in [0, 0.05) is 6.54 Å². The van der Waals surface area contributed by atoms with E-state index in [0.29, 0.717) is 13.1 Å². The van der Waals surface area contributed by atoms with E-state index in [4.69, 9.17) is 16.7 Å². The van der Waals surface area contributed by atoms with Gasteiger partial charge in [0.15, 0.2) is 0 Å². The molecule has 7 heteroatoms. The van der Waals surface area contributed by atoms with Crippen molar-refractivity contribution in [1.29, 1.82) is 0 Å². The van der Waals surface area contributed by atoms with E-state index in [2.05, 4.69) is 15.1 Å². The molecule has 5 nitrogen and oxygen atoms in total. The average Bonchev–Trinajstić information content (AvgIpc) is 2.74. The molecule has 2 aromatic rings. The fraction of sp³-hybridized carbons (Fsp3) is 0.308. The minimum absolute atomic E-state index is 0.123. The number of carboxylic acids is 1. The normalized spacial score (nSPS) is 11.0. The molecule has 0 radical (unpaired) electrons. The molecule has 1 aromatic heterocycles. The highest BCUT2D eigenvalue weighted by Crippen LogP contribution is 2.19. The Morgan fingerprint density at radius 1 is 1.40 bits per heavy atom. The SMILES string of the molecule is Cc1nnc(CN(C)Cc2ccc(C(=O)O)c(Cl)c2)s1. The van der Waals surface area contributed by atoms with Crippen LogP contribution in [0.2, 0.25) is 5.02 Å². The number of hydrogen-bond acceptors (Lipinski definition) is 5. The number of aryl methyl sites for hydroxylation is 1. The predicted octanol–water partition coefficient (Wildman–Crippen LogP) is 2.83. The molecule has 1 aromatic carbocycles. The Kier molecular flexibility index (Phi) is 4.69. The molecule has 0 atom stereocenters. The molecule has 106 valence electrons. The highest BCUT2D eigenvalue weighted by Gasteiger charge is 2.11. The van der Waals surface area contributed by atoms with Crippen molar-refractivity contribution in [3.63, 3.8) is 0 Å². The standard InChI is InChI=1S/C13H14ClN3O2S/c1-8-15-16-12(20-8)7-17(2)6-9-3-4-10(13(18)19)11(14)5-9/h3-5H,6-7H2,1-2H3,(H,18,19). The quantitative estimate of drug-likeness (QED) is 0.919. The lowest BCUT2D eigenvalue weighted by atomic mass is 10.1. The molecule has 0 aliphatic rings. The Balaban J connectivity index is 2.02. The Morgan fingerprint density at radius 3 is 2.70 bits per heavy atom. The summed E-state index contributed by atoms with van der Waals surface area (Å²) in [6.45, 7) is 3.29. The van der Waals surface area contributed by atoms with Crippen LogP contribution in [0.1, 0.15) is 25.9 Å². The summed E-state index contributed by atoms with van der Waals surface area (Å²) in [5.74, 6) is -1.01. The average molecular weight is 312 g/mol. The number of benzene rings is 1. The van der Waals surface area contributed by atoms with Crippen molar-refractivity contribution in [3.8, 4) is 0 Å². The summed E-state index contributed by atoms with van der Waals surface area (Å²) in [5, 5.41) is 19.1. The summed E-state index contributed by atoms with van der Waals surface area (Å²) in [4.78, 5) is 13.0. The van der Waals surface area contributed by atoms with Gasteiger partial charge in [-0.25, -0.2) is 4.79 Å². The maximum atomic E-state index is 10.9. The summed E-state index contributed by atoms with van der Waals surface area (Å²) in [7, 11) is 1.97. The summed E-state index contributed by atoms with van der Waals surface area (Å²) in [6.07, 6.45) is 0. The van der Waals surface area contributed by atoms with Crippen molar-refractivity contribution < 1.29 is 9.90 Å². The largest absolute Gasteiger partial charge is 0.478 e. The van der Waals surface area contributed by atoms with Gasteiger partial charge in [0.1, 0.15) is 10.0 Å². The van der Waals surface area contributed by atoms with Gasteiger partial charge in [0.25, 0.3) is 0 Å². The van der Waals surface area contributed by atoms with Crippen LogP contribution in [0, 0.1) is 6.92 Å². The number of carbonyl (C=O) groups is 1. The van der Waals surface area contributed by atoms with E-state index >= 15 is 0 Å². The van der Waals surface area contributed by atoms with Crippen LogP contribution < -0.4 is 0 Å². The van der Waals surface area contributed by atoms with Crippen LogP contribution in [0.3, 0.4) is 0 Å². The van der Waals surface area contributed by atoms with E-state index in [0.717, 1.165) is 15.6 Å². The first-order valence-corrected chi connectivity index (χ1v) is 7.14. The number of aromatic carboxylic acids is 1. The van der Waals surface area contributed by atoms with Gasteiger partial charge in [-0.05, 0) is 31.7 Å². The second-order valence-corrected chi connectivity index (χ2v) is 6.18. The molecular weight excluding hydrogens is 298 g/mol. The van der Waals surface area contributed by atoms with Gasteiger partial charge >= 0.3 is 5.97 Å². The number of nitrogens with zero attached hydrogens (tertiary/aromatic N) is 3. The molecule has 0 saturated heterocycles. The summed E-state index contributed by atoms with van der Waals surface area (Å²) in [5.41, 5.74) is 1.08. The fourth-order valence-corrected chi connectivity index (χ4v) is 2.90. The third-order valence-corrected chi connectivity index (χ3v) is 3.83. The highest BCUT2D eigenvalue weighted by atomic mass is 35.5. The third kappa shape index (κ3) is 3.75. The lowest BCUT2D eigenvalue weighted by Crippen LogP contribution is -2.17. The topological polar surface area (TPSA) is 66.3 Å². The highest BCUT2D eigenvalue weighted by molar-refractivity contribution is 7.11. The Hall–Kier alpha value is -1.50. The van der Waals surface area contributed by atoms with Crippen molar-refractivity contribution in [2.75, 3.05) is 7.05 Å². The van der Waals surface area contributed by atoms with Crippen molar-refractivity contribution in [2.24, 2.45) is 0 Å². The van der Waals surface area contributed by atoms with Gasteiger partial charge in [-0.3, -0.25) is 4.90 Å². The van der Waals surface area contributed by atoms with Crippen molar-refractivity contribution in [3.05, 3.63) is 44.4 Å². The van der Waals surface area contributed by atoms with Gasteiger partial charge < -0.3 is 5.11 Å². The first-order chi connectivity index (χ1) is 9.45. The Bertz CT molecular complexity index is 630. The monoisotopic (exact) mass is 311 g/mol. The van der Waals surface area contributed by atoms with Crippen molar-refractivity contribution >= 4 is 28.9 Å². The lowest BCUT2D eigenvalue weighted by Gasteiger charge is -2.15. The molecule has 1 heterocycles. The summed E-state index contributed by atoms with van der Waals surface area (Å²) >= 11 is 7.52. The molecule has 20 heavy (non-hydrogen) atoms. The van der Waals surface area contributed by atoms with Crippen LogP contribution in [-0.4, -0.2) is 33.2 Å². The zero-order chi connectivity index (χ0) is 14.7. The molecule has 0 aliphatic carbocycles. The predicted molar refractivity (Wildman–Crippen MR) is 78.2 cm³/mol. The van der Waals surface area contributed by atoms with Gasteiger partial charge in [-0.1, -0.05) is 17.7 Å². The van der Waals surface area contributed by atoms with Crippen LogP contribution in [-0.2, 0) is 13.1 Å². The number of carboxylic acid groups (broad SMARTS) is 1. The van der Waals surface area contributed by atoms with E-state index in [1.54, 1.807) is 23.5 Å². The van der Waals surface area contributed by atoms with E-state index < -0.39 is 5.97 Å². The first kappa shape index (κ1) is 14.9. The third-order valence-electron chi connectivity index (χ3n) is 2.69. The van der Waals surface area contributed by atoms with Crippen LogP contribution >= 0.6 is 22.9 Å². The molecule has 1 N–H and O–H groups in total. The van der Waals surface area contributed by atoms with Crippen LogP contribution in [0.15, 0.2) is 18.2 Å². The van der Waals surface area contributed by atoms with E-state index in [9.17, 15) is 4.79 Å². The van der Waals surface area contributed by atoms with E-state index in [1.807, 2.05) is 14.0 Å². The molecule has 0 saturated carbocycles. The van der Waals surface area contributed by atoms with Gasteiger partial charge in [-0.15, -0.1) is 21.5 Å². The number of hydrogen-bond donors (Lipinski definition) is 1. The fourth-order valence-electron chi connectivity index (χ4n) is 1.83. The van der Waals surface area contributed by atoms with E-state index in [-0.39, 0.29) is 10.6 Å². The summed E-state index contributed by atoms with van der Waals surface area (Å²) in [6, 6.07) is 4.99. The molecule has 0 spiro atoms. The maximum absolute atomic E-state index is 10.9. The smallest absolute Gasteiger partial charge is 0.337 e. The molecule has 0 aliphatic heterocycles. The summed E-state index contributed by atoms with van der Waals surface area (Å²) < 4.78 is 0. The van der Waals surface area contributed by atoms with Crippen molar-refractivity contribution in [1.82, 2.24) is 15.1 Å². The van der Waals surface area contributed by atoms with Crippen LogP contribution in [0.4, 0.5) is 0 Å². The van der Waals surface area contributed by atoms with Gasteiger partial charge in [-0.2, -0.15) is 0 Å². The molecular formula is C13H14ClN3O2S. The zero-order valence-electron chi connectivity index (χ0n) is 11.1. The molecule has 2 rings (SSSR count). The molecule has 0 bridgehead atoms. The number of rotatable bonds is 5. The van der Waals surface area contributed by atoms with Gasteiger partial charge in [0.2, 0.25) is 0 Å². The second kappa shape index (κ2) is 6.30. The molecule has 0 amide bonds. The minimum Gasteiger partial charge on any atom is -0.478 e. The Morgan fingerprint density at radius 2 is 2.15 bits per heavy atom. The van der Waals surface area contributed by atoms with Crippen LogP contribution in [0.25, 0.3) is 0 Å². The maximum Gasteiger partial charge on any atom is 0.337 e. The van der Waals surface area contributed by atoms with E-state index in [1.165, 1.54) is 6.07 Å². The first-order valence-electron chi connectivity index (χ1n) is 5.95. The number of halogens is 1. The second-order valence-electron chi connectivity index (χ2n) is 4.51. The van der Waals surface area contributed by atoms with Crippen LogP contribution in [0.5, 0.6) is 0 Å². The zero-order valence-corrected chi connectivity index (χ0v) is 12.7. The minimum atomic E-state index is -1.01. The van der Waals surface area contributed by atoms with Gasteiger partial charge in [0.05, 0.1) is 17.1 Å². The number of aromatic nitrogens is 2. The lowest BCUT2D eigenvalue weighted by molar-refractivity contribution is 0.0697.